The van der Waals surface area contributed by atoms with Crippen LogP contribution >= 0.6 is 0 Å². The predicted octanol–water partition coefficient (Wildman–Crippen LogP) is 3.87. The third kappa shape index (κ3) is 3.10. The van der Waals surface area contributed by atoms with Gasteiger partial charge in [-0.2, -0.15) is 0 Å². The topological polar surface area (TPSA) is 37.3 Å². The van der Waals surface area contributed by atoms with E-state index < -0.39 is 11.4 Å². The first-order valence-electron chi connectivity index (χ1n) is 6.27. The van der Waals surface area contributed by atoms with Crippen LogP contribution in [0.1, 0.15) is 53.4 Å². The van der Waals surface area contributed by atoms with Gasteiger partial charge in [0.2, 0.25) is 0 Å². The highest BCUT2D eigenvalue weighted by atomic mass is 16.4. The molecule has 1 aliphatic rings. The second-order valence-corrected chi connectivity index (χ2v) is 5.93. The van der Waals surface area contributed by atoms with Gasteiger partial charge in [-0.3, -0.25) is 4.79 Å². The molecule has 1 rings (SSSR count). The first-order valence-corrected chi connectivity index (χ1v) is 6.27. The van der Waals surface area contributed by atoms with E-state index in [-0.39, 0.29) is 0 Å². The minimum absolute atomic E-state index is 0.678. The average Bonchev–Trinajstić information content (AvgIpc) is 2.17. The van der Waals surface area contributed by atoms with Gasteiger partial charge in [0.1, 0.15) is 0 Å². The summed E-state index contributed by atoms with van der Waals surface area (Å²) in [6.45, 7) is 8.12. The summed E-state index contributed by atoms with van der Waals surface area (Å²) in [5, 5.41) is 9.16. The van der Waals surface area contributed by atoms with Crippen LogP contribution in [0.3, 0.4) is 0 Å². The van der Waals surface area contributed by atoms with Crippen LogP contribution in [0.15, 0.2) is 11.6 Å². The van der Waals surface area contributed by atoms with Gasteiger partial charge in [-0.25, -0.2) is 0 Å². The molecule has 0 amide bonds. The monoisotopic (exact) mass is 224 g/mol. The number of hydrogen-bond donors (Lipinski definition) is 1. The van der Waals surface area contributed by atoms with Crippen LogP contribution in [0.25, 0.3) is 0 Å². The van der Waals surface area contributed by atoms with Crippen molar-refractivity contribution < 1.29 is 9.90 Å². The Bertz CT molecular complexity index is 287. The molecule has 0 aliphatic heterocycles. The normalized spacial score (nSPS) is 22.1. The number of carboxylic acid groups (broad SMARTS) is 1. The van der Waals surface area contributed by atoms with Gasteiger partial charge < -0.3 is 5.11 Å². The van der Waals surface area contributed by atoms with Gasteiger partial charge in [0.15, 0.2) is 0 Å². The van der Waals surface area contributed by atoms with Crippen LogP contribution < -0.4 is 0 Å². The molecular formula is C14H24O2. The second kappa shape index (κ2) is 5.03. The van der Waals surface area contributed by atoms with Crippen molar-refractivity contribution in [3.8, 4) is 0 Å². The standard InChI is InChI=1S/C14H24O2/c1-10(2)9-11-5-7-12(8-6-11)14(3,4)13(15)16/h7,10-11H,5-6,8-9H2,1-4H3,(H,15,16)/t11-/m0/s1. The quantitative estimate of drug-likeness (QED) is 0.736. The molecule has 0 aromatic rings. The van der Waals surface area contributed by atoms with Crippen molar-refractivity contribution >= 4 is 5.97 Å². The van der Waals surface area contributed by atoms with E-state index in [1.54, 1.807) is 0 Å². The minimum atomic E-state index is -0.707. The van der Waals surface area contributed by atoms with Crippen LogP contribution in [0, 0.1) is 17.3 Å². The third-order valence-corrected chi connectivity index (χ3v) is 3.66. The van der Waals surface area contributed by atoms with Crippen LogP contribution in [-0.4, -0.2) is 11.1 Å². The SMILES string of the molecule is CC(C)C[C@H]1CC=C(C(C)(C)C(=O)O)CC1. The van der Waals surface area contributed by atoms with E-state index in [9.17, 15) is 4.79 Å². The van der Waals surface area contributed by atoms with Crippen molar-refractivity contribution in [2.75, 3.05) is 0 Å². The number of aliphatic carboxylic acids is 1. The van der Waals surface area contributed by atoms with Crippen molar-refractivity contribution in [2.45, 2.75) is 53.4 Å². The molecule has 0 saturated carbocycles. The first kappa shape index (κ1) is 13.3. The average molecular weight is 224 g/mol. The fourth-order valence-electron chi connectivity index (χ4n) is 2.47. The van der Waals surface area contributed by atoms with E-state index in [0.29, 0.717) is 0 Å². The number of allylic oxidation sites excluding steroid dienone is 1. The summed E-state index contributed by atoms with van der Waals surface area (Å²) in [6.07, 6.45) is 6.60. The summed E-state index contributed by atoms with van der Waals surface area (Å²) >= 11 is 0. The van der Waals surface area contributed by atoms with Gasteiger partial charge in [-0.05, 0) is 51.4 Å². The van der Waals surface area contributed by atoms with Gasteiger partial charge in [-0.1, -0.05) is 25.5 Å². The molecule has 0 spiro atoms. The zero-order valence-electron chi connectivity index (χ0n) is 10.9. The Morgan fingerprint density at radius 2 is 2.19 bits per heavy atom. The van der Waals surface area contributed by atoms with E-state index in [4.69, 9.17) is 5.11 Å². The molecule has 1 atom stereocenters. The van der Waals surface area contributed by atoms with Gasteiger partial charge in [-0.15, -0.1) is 0 Å². The molecule has 0 fully saturated rings. The summed E-state index contributed by atoms with van der Waals surface area (Å²) in [5.41, 5.74) is 0.433. The molecule has 92 valence electrons. The Labute approximate surface area is 98.7 Å². The van der Waals surface area contributed by atoms with Gasteiger partial charge in [0.25, 0.3) is 0 Å². The summed E-state index contributed by atoms with van der Waals surface area (Å²) in [6, 6.07) is 0. The van der Waals surface area contributed by atoms with Gasteiger partial charge in [0, 0.05) is 0 Å². The fourth-order valence-corrected chi connectivity index (χ4v) is 2.47. The van der Waals surface area contributed by atoms with Crippen LogP contribution in [-0.2, 0) is 4.79 Å². The van der Waals surface area contributed by atoms with E-state index in [1.807, 2.05) is 13.8 Å². The van der Waals surface area contributed by atoms with Crippen molar-refractivity contribution in [3.63, 3.8) is 0 Å². The Morgan fingerprint density at radius 3 is 2.56 bits per heavy atom. The lowest BCUT2D eigenvalue weighted by molar-refractivity contribution is -0.145. The molecule has 0 heterocycles. The summed E-state index contributed by atoms with van der Waals surface area (Å²) in [5.74, 6) is 0.793. The maximum absolute atomic E-state index is 11.1. The molecule has 2 heteroatoms. The van der Waals surface area contributed by atoms with Crippen molar-refractivity contribution in [1.29, 1.82) is 0 Å². The fraction of sp³-hybridized carbons (Fsp3) is 0.786. The maximum Gasteiger partial charge on any atom is 0.313 e. The highest BCUT2D eigenvalue weighted by molar-refractivity contribution is 5.77. The predicted molar refractivity (Wildman–Crippen MR) is 66.3 cm³/mol. The summed E-state index contributed by atoms with van der Waals surface area (Å²) in [7, 11) is 0. The van der Waals surface area contributed by atoms with Gasteiger partial charge in [0.05, 0.1) is 5.41 Å². The molecule has 2 nitrogen and oxygen atoms in total. The first-order chi connectivity index (χ1) is 7.34. The van der Waals surface area contributed by atoms with Gasteiger partial charge >= 0.3 is 5.97 Å². The van der Waals surface area contributed by atoms with Crippen molar-refractivity contribution in [3.05, 3.63) is 11.6 Å². The maximum atomic E-state index is 11.1. The number of carboxylic acids is 1. The Balaban J connectivity index is 2.62. The lowest BCUT2D eigenvalue weighted by atomic mass is 9.75. The van der Waals surface area contributed by atoms with Crippen LogP contribution in [0.2, 0.25) is 0 Å². The lowest BCUT2D eigenvalue weighted by Crippen LogP contribution is -2.28. The Hall–Kier alpha value is -0.790. The molecule has 1 N–H and O–H groups in total. The molecular weight excluding hydrogens is 200 g/mol. The van der Waals surface area contributed by atoms with E-state index in [2.05, 4.69) is 19.9 Å². The number of rotatable bonds is 4. The largest absolute Gasteiger partial charge is 0.481 e. The molecule has 0 radical (unpaired) electrons. The van der Waals surface area contributed by atoms with Crippen LogP contribution in [0.4, 0.5) is 0 Å². The lowest BCUT2D eigenvalue weighted by Gasteiger charge is -2.30. The zero-order chi connectivity index (χ0) is 12.3. The minimum Gasteiger partial charge on any atom is -0.481 e. The Kier molecular flexibility index (Phi) is 4.17. The number of carbonyl (C=O) groups is 1. The van der Waals surface area contributed by atoms with Crippen molar-refractivity contribution in [2.24, 2.45) is 17.3 Å². The smallest absolute Gasteiger partial charge is 0.313 e. The molecule has 16 heavy (non-hydrogen) atoms. The second-order valence-electron chi connectivity index (χ2n) is 5.93. The Morgan fingerprint density at radius 1 is 1.56 bits per heavy atom. The highest BCUT2D eigenvalue weighted by Crippen LogP contribution is 2.37. The third-order valence-electron chi connectivity index (χ3n) is 3.66. The van der Waals surface area contributed by atoms with E-state index in [0.717, 1.165) is 36.7 Å². The van der Waals surface area contributed by atoms with E-state index >= 15 is 0 Å². The van der Waals surface area contributed by atoms with Crippen molar-refractivity contribution in [1.82, 2.24) is 0 Å². The summed E-state index contributed by atoms with van der Waals surface area (Å²) < 4.78 is 0. The number of hydrogen-bond acceptors (Lipinski definition) is 1. The van der Waals surface area contributed by atoms with Crippen LogP contribution in [0.5, 0.6) is 0 Å². The molecule has 0 unspecified atom stereocenters. The van der Waals surface area contributed by atoms with E-state index in [1.165, 1.54) is 6.42 Å². The zero-order valence-corrected chi connectivity index (χ0v) is 10.9. The molecule has 1 aliphatic carbocycles. The molecule has 0 saturated heterocycles. The highest BCUT2D eigenvalue weighted by Gasteiger charge is 2.33. The molecule has 0 bridgehead atoms. The molecule has 0 aromatic carbocycles. The molecule has 0 aromatic heterocycles. The summed E-state index contributed by atoms with van der Waals surface area (Å²) in [4.78, 5) is 11.1.